The van der Waals surface area contributed by atoms with Crippen molar-refractivity contribution in [3.05, 3.63) is 65.7 Å². The van der Waals surface area contributed by atoms with Gasteiger partial charge in [-0.3, -0.25) is 5.10 Å². The summed E-state index contributed by atoms with van der Waals surface area (Å²) in [5, 5.41) is 23.6. The number of hydrogen-bond acceptors (Lipinski definition) is 6. The molecule has 0 radical (unpaired) electrons. The number of benzene rings is 2. The van der Waals surface area contributed by atoms with E-state index < -0.39 is 0 Å². The van der Waals surface area contributed by atoms with Crippen molar-refractivity contribution in [3.63, 3.8) is 0 Å². The van der Waals surface area contributed by atoms with Gasteiger partial charge < -0.3 is 16.4 Å². The molecule has 7 nitrogen and oxygen atoms in total. The SMILES string of the molecule is CNc1n[nH]c2ccc(-c3ccc(NCC(C)(C)c4cccc(CN)c4)nn3)cc12. The summed E-state index contributed by atoms with van der Waals surface area (Å²) in [6.07, 6.45) is 0. The third-order valence-corrected chi connectivity index (χ3v) is 5.42. The Morgan fingerprint density at radius 2 is 1.90 bits per heavy atom. The average molecular weight is 402 g/mol. The maximum Gasteiger partial charge on any atom is 0.155 e. The van der Waals surface area contributed by atoms with Crippen molar-refractivity contribution in [1.29, 1.82) is 0 Å². The van der Waals surface area contributed by atoms with E-state index in [1.165, 1.54) is 5.56 Å². The number of H-pyrrole nitrogens is 1. The number of anilines is 2. The molecule has 154 valence electrons. The number of nitrogens with two attached hydrogens (primary N) is 1. The summed E-state index contributed by atoms with van der Waals surface area (Å²) in [7, 11) is 1.86. The van der Waals surface area contributed by atoms with Crippen molar-refractivity contribution in [2.75, 3.05) is 24.2 Å². The summed E-state index contributed by atoms with van der Waals surface area (Å²) < 4.78 is 0. The molecular formula is C23H27N7. The highest BCUT2D eigenvalue weighted by molar-refractivity contribution is 5.92. The van der Waals surface area contributed by atoms with Gasteiger partial charge in [0.15, 0.2) is 5.82 Å². The van der Waals surface area contributed by atoms with Gasteiger partial charge in [0.1, 0.15) is 5.82 Å². The minimum atomic E-state index is -0.0681. The van der Waals surface area contributed by atoms with Crippen LogP contribution in [0.5, 0.6) is 0 Å². The highest BCUT2D eigenvalue weighted by atomic mass is 15.2. The predicted molar refractivity (Wildman–Crippen MR) is 123 cm³/mol. The van der Waals surface area contributed by atoms with E-state index in [1.54, 1.807) is 0 Å². The van der Waals surface area contributed by atoms with Crippen LogP contribution in [0.25, 0.3) is 22.2 Å². The van der Waals surface area contributed by atoms with E-state index in [0.717, 1.165) is 45.9 Å². The molecule has 0 fully saturated rings. The topological polar surface area (TPSA) is 105 Å². The summed E-state index contributed by atoms with van der Waals surface area (Å²) in [6.45, 7) is 5.69. The van der Waals surface area contributed by atoms with Gasteiger partial charge in [-0.05, 0) is 35.4 Å². The van der Waals surface area contributed by atoms with Crippen molar-refractivity contribution < 1.29 is 0 Å². The highest BCUT2D eigenvalue weighted by Gasteiger charge is 2.21. The second-order valence-electron chi connectivity index (χ2n) is 8.03. The Kier molecular flexibility index (Phi) is 5.37. The molecule has 0 unspecified atom stereocenters. The number of rotatable bonds is 7. The first-order valence-electron chi connectivity index (χ1n) is 10.0. The normalized spacial score (nSPS) is 11.6. The minimum Gasteiger partial charge on any atom is -0.371 e. The molecule has 0 saturated heterocycles. The van der Waals surface area contributed by atoms with Crippen LogP contribution in [0.15, 0.2) is 54.6 Å². The molecule has 0 aliphatic rings. The fraction of sp³-hybridized carbons (Fsp3) is 0.261. The average Bonchev–Trinajstić information content (AvgIpc) is 3.20. The maximum absolute atomic E-state index is 5.79. The number of hydrogen-bond donors (Lipinski definition) is 4. The molecule has 0 amide bonds. The molecule has 0 aliphatic carbocycles. The number of aromatic nitrogens is 4. The van der Waals surface area contributed by atoms with E-state index in [0.29, 0.717) is 6.54 Å². The fourth-order valence-corrected chi connectivity index (χ4v) is 3.48. The zero-order valence-corrected chi connectivity index (χ0v) is 17.5. The molecule has 2 aromatic heterocycles. The van der Waals surface area contributed by atoms with Gasteiger partial charge >= 0.3 is 0 Å². The largest absolute Gasteiger partial charge is 0.371 e. The van der Waals surface area contributed by atoms with E-state index >= 15 is 0 Å². The summed E-state index contributed by atoms with van der Waals surface area (Å²) >= 11 is 0. The Balaban J connectivity index is 1.48. The lowest BCUT2D eigenvalue weighted by Gasteiger charge is -2.26. The van der Waals surface area contributed by atoms with Gasteiger partial charge in [-0.15, -0.1) is 10.2 Å². The monoisotopic (exact) mass is 401 g/mol. The lowest BCUT2D eigenvalue weighted by Crippen LogP contribution is -2.28. The van der Waals surface area contributed by atoms with Crippen LogP contribution in [-0.4, -0.2) is 34.0 Å². The Hall–Kier alpha value is -3.45. The van der Waals surface area contributed by atoms with Crippen molar-refractivity contribution in [3.8, 4) is 11.3 Å². The molecular weight excluding hydrogens is 374 g/mol. The quantitative estimate of drug-likeness (QED) is 0.374. The molecule has 30 heavy (non-hydrogen) atoms. The summed E-state index contributed by atoms with van der Waals surface area (Å²) in [5.74, 6) is 1.57. The van der Waals surface area contributed by atoms with Gasteiger partial charge in [-0.1, -0.05) is 44.2 Å². The molecule has 2 aromatic carbocycles. The Morgan fingerprint density at radius 1 is 1.03 bits per heavy atom. The second-order valence-corrected chi connectivity index (χ2v) is 8.03. The zero-order chi connectivity index (χ0) is 21.1. The van der Waals surface area contributed by atoms with Crippen molar-refractivity contribution in [2.24, 2.45) is 5.73 Å². The van der Waals surface area contributed by atoms with Gasteiger partial charge in [0.25, 0.3) is 0 Å². The van der Waals surface area contributed by atoms with E-state index in [9.17, 15) is 0 Å². The lowest BCUT2D eigenvalue weighted by atomic mass is 9.84. The smallest absolute Gasteiger partial charge is 0.155 e. The molecule has 0 aliphatic heterocycles. The Labute approximate surface area is 176 Å². The van der Waals surface area contributed by atoms with E-state index in [-0.39, 0.29) is 5.41 Å². The van der Waals surface area contributed by atoms with Gasteiger partial charge in [0.2, 0.25) is 0 Å². The van der Waals surface area contributed by atoms with Crippen LogP contribution in [0.4, 0.5) is 11.6 Å². The van der Waals surface area contributed by atoms with Crippen LogP contribution in [-0.2, 0) is 12.0 Å². The molecule has 0 bridgehead atoms. The fourth-order valence-electron chi connectivity index (χ4n) is 3.48. The molecule has 0 atom stereocenters. The molecule has 5 N–H and O–H groups in total. The Bertz CT molecular complexity index is 1150. The molecule has 4 rings (SSSR count). The Morgan fingerprint density at radius 3 is 2.63 bits per heavy atom. The third-order valence-electron chi connectivity index (χ3n) is 5.42. The number of aromatic amines is 1. The predicted octanol–water partition coefficient (Wildman–Crippen LogP) is 3.91. The first-order valence-corrected chi connectivity index (χ1v) is 10.0. The van der Waals surface area contributed by atoms with E-state index in [1.807, 2.05) is 31.3 Å². The zero-order valence-electron chi connectivity index (χ0n) is 17.5. The lowest BCUT2D eigenvalue weighted by molar-refractivity contribution is 0.555. The van der Waals surface area contributed by atoms with Crippen LogP contribution in [0, 0.1) is 0 Å². The summed E-state index contributed by atoms with van der Waals surface area (Å²) in [4.78, 5) is 0. The van der Waals surface area contributed by atoms with Gasteiger partial charge in [0, 0.05) is 36.5 Å². The number of nitrogens with zero attached hydrogens (tertiary/aromatic N) is 3. The van der Waals surface area contributed by atoms with Crippen molar-refractivity contribution in [1.82, 2.24) is 20.4 Å². The summed E-state index contributed by atoms with van der Waals surface area (Å²) in [5.41, 5.74) is 10.9. The highest BCUT2D eigenvalue weighted by Crippen LogP contribution is 2.27. The van der Waals surface area contributed by atoms with Crippen LogP contribution in [0.3, 0.4) is 0 Å². The van der Waals surface area contributed by atoms with Crippen LogP contribution >= 0.6 is 0 Å². The first-order chi connectivity index (χ1) is 14.5. The molecule has 2 heterocycles. The molecule has 4 aromatic rings. The number of nitrogens with one attached hydrogen (secondary N) is 3. The van der Waals surface area contributed by atoms with Crippen molar-refractivity contribution >= 4 is 22.5 Å². The van der Waals surface area contributed by atoms with E-state index in [2.05, 4.69) is 75.2 Å². The van der Waals surface area contributed by atoms with Crippen LogP contribution < -0.4 is 16.4 Å². The molecule has 7 heteroatoms. The maximum atomic E-state index is 5.79. The van der Waals surface area contributed by atoms with Crippen molar-refractivity contribution in [2.45, 2.75) is 25.8 Å². The minimum absolute atomic E-state index is 0.0681. The summed E-state index contributed by atoms with van der Waals surface area (Å²) in [6, 6.07) is 18.5. The third kappa shape index (κ3) is 3.97. The second kappa shape index (κ2) is 8.12. The van der Waals surface area contributed by atoms with E-state index in [4.69, 9.17) is 5.73 Å². The first kappa shape index (κ1) is 19.8. The molecule has 0 spiro atoms. The van der Waals surface area contributed by atoms with Gasteiger partial charge in [-0.2, -0.15) is 5.10 Å². The van der Waals surface area contributed by atoms with Gasteiger partial charge in [0.05, 0.1) is 11.2 Å². The number of fused-ring (bicyclic) bond motifs is 1. The van der Waals surface area contributed by atoms with Gasteiger partial charge in [-0.25, -0.2) is 0 Å². The standard InChI is InChI=1S/C23H27N7/c1-23(2,17-6-4-5-15(11-17)13-24)14-26-21-10-9-19(27-29-21)16-7-8-20-18(12-16)22(25-3)30-28-20/h4-12H,13-14,24H2,1-3H3,(H,26,29)(H2,25,28,30). The van der Waals surface area contributed by atoms with Crippen LogP contribution in [0.1, 0.15) is 25.0 Å². The van der Waals surface area contributed by atoms with Crippen LogP contribution in [0.2, 0.25) is 0 Å². The molecule has 0 saturated carbocycles.